The molecule has 5 atom stereocenters. The van der Waals surface area contributed by atoms with E-state index in [1.54, 1.807) is 0 Å². The van der Waals surface area contributed by atoms with Crippen molar-refractivity contribution in [1.29, 1.82) is 0 Å². The Hall–Kier alpha value is -0.300. The summed E-state index contributed by atoms with van der Waals surface area (Å²) in [6, 6.07) is 0. The number of aliphatic hydroxyl groups is 1. The minimum atomic E-state index is -0.198. The van der Waals surface area contributed by atoms with E-state index in [2.05, 4.69) is 40.7 Å². The highest BCUT2D eigenvalue weighted by Crippen LogP contribution is 2.55. The van der Waals surface area contributed by atoms with E-state index >= 15 is 0 Å². The molecular formula is C16H28O. The van der Waals surface area contributed by atoms with Crippen LogP contribution >= 0.6 is 0 Å². The van der Waals surface area contributed by atoms with Gasteiger partial charge in [0.1, 0.15) is 0 Å². The topological polar surface area (TPSA) is 20.2 Å². The van der Waals surface area contributed by atoms with Crippen molar-refractivity contribution in [3.05, 3.63) is 12.2 Å². The van der Waals surface area contributed by atoms with Gasteiger partial charge < -0.3 is 5.11 Å². The molecule has 1 N–H and O–H groups in total. The van der Waals surface area contributed by atoms with E-state index in [-0.39, 0.29) is 6.10 Å². The van der Waals surface area contributed by atoms with Crippen molar-refractivity contribution in [3.63, 3.8) is 0 Å². The lowest BCUT2D eigenvalue weighted by Crippen LogP contribution is -2.32. The van der Waals surface area contributed by atoms with Crippen LogP contribution < -0.4 is 0 Å². The summed E-state index contributed by atoms with van der Waals surface area (Å²) in [6.45, 7) is 11.9. The zero-order valence-electron chi connectivity index (χ0n) is 12.0. The summed E-state index contributed by atoms with van der Waals surface area (Å²) in [6.07, 6.45) is 6.41. The SMILES string of the molecule is CC(C)C1C2CC(O)C=CC2CC1C(C)(C)C. The highest BCUT2D eigenvalue weighted by Gasteiger charge is 2.48. The quantitative estimate of drug-likeness (QED) is 0.685. The lowest BCUT2D eigenvalue weighted by molar-refractivity contribution is 0.0931. The van der Waals surface area contributed by atoms with E-state index < -0.39 is 0 Å². The molecule has 17 heavy (non-hydrogen) atoms. The first-order chi connectivity index (χ1) is 7.80. The summed E-state index contributed by atoms with van der Waals surface area (Å²) in [5.74, 6) is 3.73. The van der Waals surface area contributed by atoms with Crippen molar-refractivity contribution in [2.75, 3.05) is 0 Å². The minimum Gasteiger partial charge on any atom is -0.389 e. The Balaban J connectivity index is 2.26. The summed E-state index contributed by atoms with van der Waals surface area (Å²) in [4.78, 5) is 0. The fourth-order valence-corrected chi connectivity index (χ4v) is 4.28. The maximum absolute atomic E-state index is 9.86. The van der Waals surface area contributed by atoms with Crippen LogP contribution in [0.25, 0.3) is 0 Å². The Morgan fingerprint density at radius 2 is 1.76 bits per heavy atom. The Morgan fingerprint density at radius 3 is 2.29 bits per heavy atom. The maximum atomic E-state index is 9.86. The molecule has 1 nitrogen and oxygen atoms in total. The van der Waals surface area contributed by atoms with Crippen LogP contribution in [0, 0.1) is 35.0 Å². The monoisotopic (exact) mass is 236 g/mol. The third-order valence-corrected chi connectivity index (χ3v) is 5.01. The predicted molar refractivity (Wildman–Crippen MR) is 72.6 cm³/mol. The smallest absolute Gasteiger partial charge is 0.0724 e. The molecule has 2 aliphatic rings. The minimum absolute atomic E-state index is 0.198. The Labute approximate surface area is 106 Å². The normalized spacial score (nSPS) is 41.9. The van der Waals surface area contributed by atoms with Gasteiger partial charge in [-0.1, -0.05) is 46.8 Å². The Kier molecular flexibility index (Phi) is 3.42. The molecule has 1 fully saturated rings. The third kappa shape index (κ3) is 2.45. The first kappa shape index (κ1) is 13.1. The molecule has 1 heteroatoms. The summed E-state index contributed by atoms with van der Waals surface area (Å²) >= 11 is 0. The van der Waals surface area contributed by atoms with Gasteiger partial charge in [0.25, 0.3) is 0 Å². The molecular weight excluding hydrogens is 208 g/mol. The second kappa shape index (κ2) is 4.42. The highest BCUT2D eigenvalue weighted by atomic mass is 16.3. The van der Waals surface area contributed by atoms with Gasteiger partial charge in [0.05, 0.1) is 6.10 Å². The molecule has 0 aromatic carbocycles. The molecule has 0 heterocycles. The summed E-state index contributed by atoms with van der Waals surface area (Å²) in [5, 5.41) is 9.86. The van der Waals surface area contributed by atoms with Gasteiger partial charge in [-0.25, -0.2) is 0 Å². The van der Waals surface area contributed by atoms with Gasteiger partial charge in [-0.2, -0.15) is 0 Å². The molecule has 0 aromatic rings. The molecule has 0 aliphatic heterocycles. The molecule has 0 bridgehead atoms. The first-order valence-electron chi connectivity index (χ1n) is 7.17. The van der Waals surface area contributed by atoms with Crippen molar-refractivity contribution in [2.45, 2.75) is 53.6 Å². The fourth-order valence-electron chi connectivity index (χ4n) is 4.28. The average molecular weight is 236 g/mol. The van der Waals surface area contributed by atoms with E-state index in [0.29, 0.717) is 11.3 Å². The summed E-state index contributed by atoms with van der Waals surface area (Å²) < 4.78 is 0. The molecule has 0 spiro atoms. The van der Waals surface area contributed by atoms with E-state index in [4.69, 9.17) is 0 Å². The summed E-state index contributed by atoms with van der Waals surface area (Å²) in [7, 11) is 0. The van der Waals surface area contributed by atoms with Crippen molar-refractivity contribution < 1.29 is 5.11 Å². The lowest BCUT2D eigenvalue weighted by Gasteiger charge is -2.37. The van der Waals surface area contributed by atoms with Crippen LogP contribution in [0.5, 0.6) is 0 Å². The van der Waals surface area contributed by atoms with Gasteiger partial charge in [-0.3, -0.25) is 0 Å². The predicted octanol–water partition coefficient (Wildman–Crippen LogP) is 3.88. The van der Waals surface area contributed by atoms with Gasteiger partial charge in [0, 0.05) is 0 Å². The zero-order valence-corrected chi connectivity index (χ0v) is 12.0. The third-order valence-electron chi connectivity index (χ3n) is 5.01. The lowest BCUT2D eigenvalue weighted by atomic mass is 9.68. The largest absolute Gasteiger partial charge is 0.389 e. The molecule has 1 saturated carbocycles. The number of aliphatic hydroxyl groups excluding tert-OH is 1. The summed E-state index contributed by atoms with van der Waals surface area (Å²) in [5.41, 5.74) is 0.394. The molecule has 0 radical (unpaired) electrons. The van der Waals surface area contributed by atoms with Crippen molar-refractivity contribution in [1.82, 2.24) is 0 Å². The second-order valence-electron chi connectivity index (χ2n) is 7.55. The van der Waals surface area contributed by atoms with Crippen molar-refractivity contribution in [3.8, 4) is 0 Å². The molecule has 5 unspecified atom stereocenters. The fraction of sp³-hybridized carbons (Fsp3) is 0.875. The second-order valence-corrected chi connectivity index (χ2v) is 7.55. The molecule has 0 saturated heterocycles. The molecule has 2 rings (SSSR count). The van der Waals surface area contributed by atoms with Crippen LogP contribution in [0.3, 0.4) is 0 Å². The van der Waals surface area contributed by atoms with Gasteiger partial charge in [0.2, 0.25) is 0 Å². The van der Waals surface area contributed by atoms with Crippen LogP contribution in [-0.4, -0.2) is 11.2 Å². The van der Waals surface area contributed by atoms with E-state index in [1.165, 1.54) is 6.42 Å². The van der Waals surface area contributed by atoms with Gasteiger partial charge >= 0.3 is 0 Å². The standard InChI is InChI=1S/C16H28O/c1-10(2)15-13-9-12(17)7-6-11(13)8-14(15)16(3,4)5/h6-7,10-15,17H,8-9H2,1-5H3. The van der Waals surface area contributed by atoms with Crippen LogP contribution in [0.4, 0.5) is 0 Å². The van der Waals surface area contributed by atoms with Crippen molar-refractivity contribution >= 4 is 0 Å². The molecule has 2 aliphatic carbocycles. The number of fused-ring (bicyclic) bond motifs is 1. The Bertz CT molecular complexity index is 297. The Morgan fingerprint density at radius 1 is 1.12 bits per heavy atom. The van der Waals surface area contributed by atoms with Crippen LogP contribution in [0.1, 0.15) is 47.5 Å². The van der Waals surface area contributed by atoms with E-state index in [1.807, 2.05) is 6.08 Å². The number of hydrogen-bond donors (Lipinski definition) is 1. The van der Waals surface area contributed by atoms with Gasteiger partial charge in [0.15, 0.2) is 0 Å². The van der Waals surface area contributed by atoms with Gasteiger partial charge in [-0.15, -0.1) is 0 Å². The van der Waals surface area contributed by atoms with Crippen molar-refractivity contribution in [2.24, 2.45) is 35.0 Å². The average Bonchev–Trinajstić information content (AvgIpc) is 2.55. The maximum Gasteiger partial charge on any atom is 0.0724 e. The molecule has 98 valence electrons. The molecule has 0 aromatic heterocycles. The number of hydrogen-bond acceptors (Lipinski definition) is 1. The van der Waals surface area contributed by atoms with Crippen LogP contribution in [0.15, 0.2) is 12.2 Å². The zero-order chi connectivity index (χ0) is 12.8. The first-order valence-corrected chi connectivity index (χ1v) is 7.17. The number of rotatable bonds is 1. The van der Waals surface area contributed by atoms with Gasteiger partial charge in [-0.05, 0) is 47.8 Å². The van der Waals surface area contributed by atoms with Crippen LogP contribution in [-0.2, 0) is 0 Å². The number of allylic oxidation sites excluding steroid dienone is 1. The van der Waals surface area contributed by atoms with E-state index in [0.717, 1.165) is 30.1 Å². The highest BCUT2D eigenvalue weighted by molar-refractivity contribution is 5.09. The van der Waals surface area contributed by atoms with E-state index in [9.17, 15) is 5.11 Å². The molecule has 0 amide bonds. The van der Waals surface area contributed by atoms with Crippen LogP contribution in [0.2, 0.25) is 0 Å².